The van der Waals surface area contributed by atoms with E-state index < -0.39 is 0 Å². The lowest BCUT2D eigenvalue weighted by Crippen LogP contribution is -2.45. The lowest BCUT2D eigenvalue weighted by atomic mass is 10.0. The average molecular weight is 356 g/mol. The molecule has 1 amide bonds. The molecule has 0 N–H and O–H groups in total. The zero-order chi connectivity index (χ0) is 17.2. The van der Waals surface area contributed by atoms with Gasteiger partial charge in [0.25, 0.3) is 0 Å². The first kappa shape index (κ1) is 16.6. The van der Waals surface area contributed by atoms with E-state index in [4.69, 9.17) is 0 Å². The molecule has 0 radical (unpaired) electrons. The van der Waals surface area contributed by atoms with E-state index in [1.165, 1.54) is 25.7 Å². The molecule has 2 heterocycles. The van der Waals surface area contributed by atoms with Gasteiger partial charge in [0.2, 0.25) is 11.1 Å². The lowest BCUT2D eigenvalue weighted by molar-refractivity contribution is -0.120. The molecule has 0 spiro atoms. The van der Waals surface area contributed by atoms with Gasteiger partial charge in [0, 0.05) is 17.7 Å². The maximum absolute atomic E-state index is 12.9. The Bertz CT molecular complexity index is 767. The predicted octanol–water partition coefficient (Wildman–Crippen LogP) is 3.79. The van der Waals surface area contributed by atoms with E-state index in [0.717, 1.165) is 46.7 Å². The molecule has 1 aliphatic heterocycles. The quantitative estimate of drug-likeness (QED) is 0.836. The van der Waals surface area contributed by atoms with Gasteiger partial charge in [0.1, 0.15) is 0 Å². The minimum atomic E-state index is 0.197. The summed E-state index contributed by atoms with van der Waals surface area (Å²) in [6.07, 6.45) is 6.86. The summed E-state index contributed by atoms with van der Waals surface area (Å²) >= 11 is 1.67. The Kier molecular flexibility index (Phi) is 4.79. The van der Waals surface area contributed by atoms with Crippen LogP contribution >= 0.6 is 11.8 Å². The van der Waals surface area contributed by atoms with Gasteiger partial charge >= 0.3 is 0 Å². The van der Waals surface area contributed by atoms with Crippen molar-refractivity contribution in [3.8, 4) is 11.4 Å². The molecule has 1 aromatic carbocycles. The molecule has 5 nitrogen and oxygen atoms in total. The average Bonchev–Trinajstić information content (AvgIpc) is 3.29. The number of benzene rings is 1. The first-order valence-electron chi connectivity index (χ1n) is 9.19. The number of hydrogen-bond donors (Lipinski definition) is 0. The summed E-state index contributed by atoms with van der Waals surface area (Å²) in [7, 11) is 0. The van der Waals surface area contributed by atoms with Gasteiger partial charge < -0.3 is 0 Å². The van der Waals surface area contributed by atoms with Crippen molar-refractivity contribution in [1.29, 1.82) is 0 Å². The minimum Gasteiger partial charge on any atom is -0.273 e. The van der Waals surface area contributed by atoms with Crippen LogP contribution in [0.4, 0.5) is 0 Å². The van der Waals surface area contributed by atoms with Crippen molar-refractivity contribution in [2.24, 2.45) is 5.92 Å². The van der Waals surface area contributed by atoms with E-state index >= 15 is 0 Å². The van der Waals surface area contributed by atoms with Crippen LogP contribution in [0.25, 0.3) is 11.4 Å². The Labute approximate surface area is 152 Å². The zero-order valence-corrected chi connectivity index (χ0v) is 15.5. The number of hydrogen-bond acceptors (Lipinski definition) is 4. The molecule has 1 fully saturated rings. The summed E-state index contributed by atoms with van der Waals surface area (Å²) in [5, 5.41) is 11.4. The van der Waals surface area contributed by atoms with E-state index in [2.05, 4.69) is 23.2 Å². The van der Waals surface area contributed by atoms with Crippen molar-refractivity contribution in [3.05, 3.63) is 29.8 Å². The van der Waals surface area contributed by atoms with Crippen molar-refractivity contribution in [1.82, 2.24) is 14.9 Å². The molecule has 0 saturated heterocycles. The SMILES string of the molecule is Cc1ccccc1-c1nnc2n1N(C(=O)CCC1CCCC1)CCS2. The van der Waals surface area contributed by atoms with Gasteiger partial charge in [-0.3, -0.25) is 4.79 Å². The van der Waals surface area contributed by atoms with Crippen LogP contribution in [0.2, 0.25) is 0 Å². The first-order chi connectivity index (χ1) is 12.2. The maximum Gasteiger partial charge on any atom is 0.241 e. The Hall–Kier alpha value is -1.82. The van der Waals surface area contributed by atoms with Crippen LogP contribution in [0.1, 0.15) is 44.1 Å². The molecular formula is C19H24N4OS. The number of aryl methyl sites for hydroxylation is 1. The van der Waals surface area contributed by atoms with Crippen LogP contribution in [-0.4, -0.2) is 33.1 Å². The van der Waals surface area contributed by atoms with Crippen molar-refractivity contribution < 1.29 is 4.79 Å². The molecule has 6 heteroatoms. The fourth-order valence-corrected chi connectivity index (χ4v) is 4.73. The number of nitrogens with zero attached hydrogens (tertiary/aromatic N) is 4. The molecule has 1 aliphatic carbocycles. The number of aromatic nitrogens is 3. The first-order valence-corrected chi connectivity index (χ1v) is 10.2. The number of rotatable bonds is 4. The molecule has 2 aromatic rings. The molecule has 132 valence electrons. The van der Waals surface area contributed by atoms with E-state index in [1.807, 2.05) is 27.9 Å². The molecule has 0 bridgehead atoms. The van der Waals surface area contributed by atoms with Crippen molar-refractivity contribution in [2.45, 2.75) is 50.6 Å². The molecular weight excluding hydrogens is 332 g/mol. The van der Waals surface area contributed by atoms with Crippen LogP contribution in [-0.2, 0) is 4.79 Å². The standard InChI is InChI=1S/C19H24N4OS/c1-14-6-2-5-9-16(14)18-20-21-19-23(18)22(12-13-25-19)17(24)11-10-15-7-3-4-8-15/h2,5-6,9,15H,3-4,7-8,10-13H2,1H3. The third-order valence-corrected chi connectivity index (χ3v) is 6.20. The predicted molar refractivity (Wildman–Crippen MR) is 100 cm³/mol. The summed E-state index contributed by atoms with van der Waals surface area (Å²) in [5.74, 6) is 2.58. The van der Waals surface area contributed by atoms with E-state index in [1.54, 1.807) is 11.8 Å². The largest absolute Gasteiger partial charge is 0.273 e. The van der Waals surface area contributed by atoms with Crippen LogP contribution < -0.4 is 5.01 Å². The van der Waals surface area contributed by atoms with Crippen molar-refractivity contribution in [3.63, 3.8) is 0 Å². The van der Waals surface area contributed by atoms with Crippen LogP contribution in [0.5, 0.6) is 0 Å². The Morgan fingerprint density at radius 1 is 1.24 bits per heavy atom. The highest BCUT2D eigenvalue weighted by atomic mass is 32.2. The highest BCUT2D eigenvalue weighted by Gasteiger charge is 2.29. The van der Waals surface area contributed by atoms with Crippen LogP contribution in [0.3, 0.4) is 0 Å². The minimum absolute atomic E-state index is 0.197. The Morgan fingerprint density at radius 2 is 2.04 bits per heavy atom. The van der Waals surface area contributed by atoms with E-state index in [0.29, 0.717) is 6.42 Å². The Morgan fingerprint density at radius 3 is 2.84 bits per heavy atom. The van der Waals surface area contributed by atoms with Crippen molar-refractivity contribution in [2.75, 3.05) is 17.3 Å². The second kappa shape index (κ2) is 7.20. The normalized spacial score (nSPS) is 17.7. The Balaban J connectivity index is 1.59. The smallest absolute Gasteiger partial charge is 0.241 e. The molecule has 4 rings (SSSR count). The van der Waals surface area contributed by atoms with Crippen LogP contribution in [0, 0.1) is 12.8 Å². The summed E-state index contributed by atoms with van der Waals surface area (Å²) in [6, 6.07) is 8.14. The third-order valence-electron chi connectivity index (χ3n) is 5.30. The molecule has 25 heavy (non-hydrogen) atoms. The van der Waals surface area contributed by atoms with Gasteiger partial charge in [-0.05, 0) is 24.8 Å². The summed E-state index contributed by atoms with van der Waals surface area (Å²) in [6.45, 7) is 2.79. The second-order valence-corrected chi connectivity index (χ2v) is 8.05. The van der Waals surface area contributed by atoms with Gasteiger partial charge in [-0.1, -0.05) is 61.7 Å². The summed E-state index contributed by atoms with van der Waals surface area (Å²) in [5.41, 5.74) is 2.18. The van der Waals surface area contributed by atoms with Gasteiger partial charge in [-0.15, -0.1) is 10.2 Å². The third kappa shape index (κ3) is 3.32. The van der Waals surface area contributed by atoms with Gasteiger partial charge in [0.05, 0.1) is 6.54 Å². The molecule has 0 atom stereocenters. The summed E-state index contributed by atoms with van der Waals surface area (Å²) in [4.78, 5) is 12.9. The fraction of sp³-hybridized carbons (Fsp3) is 0.526. The van der Waals surface area contributed by atoms with Gasteiger partial charge in [0.15, 0.2) is 5.82 Å². The molecule has 1 aromatic heterocycles. The molecule has 0 unspecified atom stereocenters. The number of amides is 1. The maximum atomic E-state index is 12.9. The van der Waals surface area contributed by atoms with Gasteiger partial charge in [-0.25, -0.2) is 9.69 Å². The lowest BCUT2D eigenvalue weighted by Gasteiger charge is -2.29. The second-order valence-electron chi connectivity index (χ2n) is 6.99. The number of carbonyl (C=O) groups excluding carboxylic acids is 1. The van der Waals surface area contributed by atoms with Crippen molar-refractivity contribution >= 4 is 17.7 Å². The van der Waals surface area contributed by atoms with Crippen LogP contribution in [0.15, 0.2) is 29.4 Å². The fourth-order valence-electron chi connectivity index (χ4n) is 3.88. The number of thioether (sulfide) groups is 1. The zero-order valence-electron chi connectivity index (χ0n) is 14.6. The topological polar surface area (TPSA) is 51.0 Å². The molecule has 2 aliphatic rings. The summed E-state index contributed by atoms with van der Waals surface area (Å²) < 4.78 is 1.94. The monoisotopic (exact) mass is 356 g/mol. The van der Waals surface area contributed by atoms with Gasteiger partial charge in [-0.2, -0.15) is 0 Å². The van der Waals surface area contributed by atoms with E-state index in [9.17, 15) is 4.79 Å². The van der Waals surface area contributed by atoms with E-state index in [-0.39, 0.29) is 5.91 Å². The number of fused-ring (bicyclic) bond motifs is 1. The highest BCUT2D eigenvalue weighted by Crippen LogP contribution is 2.31. The molecule has 1 saturated carbocycles. The number of carbonyl (C=O) groups is 1. The highest BCUT2D eigenvalue weighted by molar-refractivity contribution is 7.99.